The first-order chi connectivity index (χ1) is 13.4. The number of fused-ring (bicyclic) bond motifs is 1. The van der Waals surface area contributed by atoms with Gasteiger partial charge in [-0.05, 0) is 44.9 Å². The molecule has 1 spiro atoms. The Balaban J connectivity index is 1.34. The number of esters is 1. The number of anilines is 1. The SMILES string of the molecule is Cc1cc(C(=O)OCC(=O)Nc2ccc3c(c2)OC2(CCCCC2)O3)c(C)o1. The van der Waals surface area contributed by atoms with E-state index in [4.69, 9.17) is 18.6 Å². The summed E-state index contributed by atoms with van der Waals surface area (Å²) in [4.78, 5) is 24.2. The van der Waals surface area contributed by atoms with Crippen LogP contribution < -0.4 is 14.8 Å². The van der Waals surface area contributed by atoms with Crippen molar-refractivity contribution in [2.75, 3.05) is 11.9 Å². The first-order valence-corrected chi connectivity index (χ1v) is 9.50. The van der Waals surface area contributed by atoms with E-state index in [1.54, 1.807) is 38.1 Å². The van der Waals surface area contributed by atoms with Crippen molar-refractivity contribution in [1.82, 2.24) is 0 Å². The maximum Gasteiger partial charge on any atom is 0.342 e. The molecule has 2 aliphatic rings. The van der Waals surface area contributed by atoms with Gasteiger partial charge in [-0.25, -0.2) is 4.79 Å². The smallest absolute Gasteiger partial charge is 0.342 e. The summed E-state index contributed by atoms with van der Waals surface area (Å²) in [6, 6.07) is 6.86. The maximum atomic E-state index is 12.1. The summed E-state index contributed by atoms with van der Waals surface area (Å²) in [5.41, 5.74) is 0.887. The fourth-order valence-electron chi connectivity index (χ4n) is 3.71. The van der Waals surface area contributed by atoms with Crippen LogP contribution in [0.4, 0.5) is 5.69 Å². The van der Waals surface area contributed by atoms with Gasteiger partial charge in [0.15, 0.2) is 18.1 Å². The Kier molecular flexibility index (Phi) is 4.75. The first kappa shape index (κ1) is 18.4. The summed E-state index contributed by atoms with van der Waals surface area (Å²) < 4.78 is 22.5. The third kappa shape index (κ3) is 3.69. The summed E-state index contributed by atoms with van der Waals surface area (Å²) in [5, 5.41) is 2.71. The highest BCUT2D eigenvalue weighted by Crippen LogP contribution is 2.46. The summed E-state index contributed by atoms with van der Waals surface area (Å²) >= 11 is 0. The minimum Gasteiger partial charge on any atom is -0.466 e. The highest BCUT2D eigenvalue weighted by atomic mass is 16.7. The molecule has 4 rings (SSSR count). The van der Waals surface area contributed by atoms with Crippen molar-refractivity contribution in [2.45, 2.75) is 51.7 Å². The van der Waals surface area contributed by atoms with Gasteiger partial charge in [0.1, 0.15) is 17.1 Å². The van der Waals surface area contributed by atoms with Crippen molar-refractivity contribution in [3.63, 3.8) is 0 Å². The van der Waals surface area contributed by atoms with Crippen molar-refractivity contribution in [2.24, 2.45) is 0 Å². The monoisotopic (exact) mass is 385 g/mol. The summed E-state index contributed by atoms with van der Waals surface area (Å²) in [5.74, 6) is 0.824. The molecular weight excluding hydrogens is 362 g/mol. The quantitative estimate of drug-likeness (QED) is 0.797. The molecule has 0 radical (unpaired) electrons. The van der Waals surface area contributed by atoms with Crippen LogP contribution in [0, 0.1) is 13.8 Å². The van der Waals surface area contributed by atoms with Crippen LogP contribution in [0.15, 0.2) is 28.7 Å². The van der Waals surface area contributed by atoms with E-state index in [2.05, 4.69) is 5.32 Å². The number of furan rings is 1. The van der Waals surface area contributed by atoms with Crippen LogP contribution in [0.2, 0.25) is 0 Å². The van der Waals surface area contributed by atoms with Gasteiger partial charge in [0.2, 0.25) is 0 Å². The normalized spacial score (nSPS) is 16.8. The zero-order chi connectivity index (χ0) is 19.7. The second-order valence-corrected chi connectivity index (χ2v) is 7.29. The highest BCUT2D eigenvalue weighted by Gasteiger charge is 2.42. The molecule has 1 amide bonds. The molecule has 1 aliphatic carbocycles. The Morgan fingerprint density at radius 3 is 2.54 bits per heavy atom. The minimum atomic E-state index is -0.588. The van der Waals surface area contributed by atoms with E-state index >= 15 is 0 Å². The van der Waals surface area contributed by atoms with Gasteiger partial charge in [0.25, 0.3) is 11.7 Å². The molecule has 2 aromatic rings. The summed E-state index contributed by atoms with van der Waals surface area (Å²) in [6.07, 6.45) is 5.10. The van der Waals surface area contributed by atoms with Crippen molar-refractivity contribution in [1.29, 1.82) is 0 Å². The average Bonchev–Trinajstić information content (AvgIpc) is 3.18. The van der Waals surface area contributed by atoms with Gasteiger partial charge in [-0.2, -0.15) is 0 Å². The van der Waals surface area contributed by atoms with E-state index in [1.807, 2.05) is 0 Å². The average molecular weight is 385 g/mol. The lowest BCUT2D eigenvalue weighted by molar-refractivity contribution is -0.119. The Labute approximate surface area is 162 Å². The maximum absolute atomic E-state index is 12.1. The molecule has 148 valence electrons. The molecule has 1 saturated carbocycles. The van der Waals surface area contributed by atoms with Crippen LogP contribution in [-0.4, -0.2) is 24.3 Å². The van der Waals surface area contributed by atoms with Gasteiger partial charge in [-0.15, -0.1) is 0 Å². The molecule has 1 aromatic heterocycles. The molecule has 0 unspecified atom stereocenters. The minimum absolute atomic E-state index is 0.325. The molecule has 28 heavy (non-hydrogen) atoms. The molecule has 1 fully saturated rings. The predicted octanol–water partition coefficient (Wildman–Crippen LogP) is 4.12. The Hall–Kier alpha value is -2.96. The highest BCUT2D eigenvalue weighted by molar-refractivity contribution is 5.96. The van der Waals surface area contributed by atoms with Crippen LogP contribution in [0.1, 0.15) is 54.0 Å². The zero-order valence-electron chi connectivity index (χ0n) is 16.0. The number of carbonyl (C=O) groups is 2. The molecule has 1 aromatic carbocycles. The molecule has 7 nitrogen and oxygen atoms in total. The summed E-state index contributed by atoms with van der Waals surface area (Å²) in [7, 11) is 0. The third-order valence-electron chi connectivity index (χ3n) is 5.03. The number of carbonyl (C=O) groups excluding carboxylic acids is 2. The molecular formula is C21H23NO6. The van der Waals surface area contributed by atoms with Gasteiger partial charge in [-0.1, -0.05) is 6.42 Å². The predicted molar refractivity (Wildman–Crippen MR) is 101 cm³/mol. The van der Waals surface area contributed by atoms with Crippen LogP contribution >= 0.6 is 0 Å². The van der Waals surface area contributed by atoms with Crippen LogP contribution in [0.5, 0.6) is 11.5 Å². The van der Waals surface area contributed by atoms with Gasteiger partial charge in [0, 0.05) is 24.6 Å². The fraction of sp³-hybridized carbons (Fsp3) is 0.429. The van der Waals surface area contributed by atoms with E-state index in [0.29, 0.717) is 34.3 Å². The van der Waals surface area contributed by atoms with Gasteiger partial charge >= 0.3 is 5.97 Å². The van der Waals surface area contributed by atoms with Gasteiger partial charge in [0.05, 0.1) is 0 Å². The van der Waals surface area contributed by atoms with Crippen molar-refractivity contribution in [3.8, 4) is 11.5 Å². The molecule has 7 heteroatoms. The largest absolute Gasteiger partial charge is 0.466 e. The van der Waals surface area contributed by atoms with Crippen molar-refractivity contribution < 1.29 is 28.2 Å². The number of ether oxygens (including phenoxy) is 3. The Morgan fingerprint density at radius 2 is 1.82 bits per heavy atom. The molecule has 1 aliphatic heterocycles. The van der Waals surface area contributed by atoms with Crippen LogP contribution in [-0.2, 0) is 9.53 Å². The van der Waals surface area contributed by atoms with Gasteiger partial charge < -0.3 is 23.9 Å². The lowest BCUT2D eigenvalue weighted by Crippen LogP contribution is -2.40. The van der Waals surface area contributed by atoms with E-state index in [9.17, 15) is 9.59 Å². The van der Waals surface area contributed by atoms with E-state index in [1.165, 1.54) is 6.42 Å². The molecule has 1 N–H and O–H groups in total. The number of hydrogen-bond acceptors (Lipinski definition) is 6. The number of hydrogen-bond donors (Lipinski definition) is 1. The lowest BCUT2D eigenvalue weighted by atomic mass is 9.94. The second-order valence-electron chi connectivity index (χ2n) is 7.29. The number of rotatable bonds is 4. The van der Waals surface area contributed by atoms with E-state index in [0.717, 1.165) is 25.7 Å². The Bertz CT molecular complexity index is 910. The van der Waals surface area contributed by atoms with Crippen molar-refractivity contribution >= 4 is 17.6 Å². The zero-order valence-corrected chi connectivity index (χ0v) is 16.0. The van der Waals surface area contributed by atoms with Crippen LogP contribution in [0.3, 0.4) is 0 Å². The lowest BCUT2D eigenvalue weighted by Gasteiger charge is -2.31. The molecule has 0 atom stereocenters. The van der Waals surface area contributed by atoms with Crippen LogP contribution in [0.25, 0.3) is 0 Å². The van der Waals surface area contributed by atoms with E-state index in [-0.39, 0.29) is 6.61 Å². The van der Waals surface area contributed by atoms with Crippen molar-refractivity contribution in [3.05, 3.63) is 41.3 Å². The fourth-order valence-corrected chi connectivity index (χ4v) is 3.71. The van der Waals surface area contributed by atoms with Gasteiger partial charge in [-0.3, -0.25) is 4.79 Å². The number of nitrogens with one attached hydrogen (secondary N) is 1. The number of aryl methyl sites for hydroxylation is 2. The number of benzene rings is 1. The second kappa shape index (κ2) is 7.22. The number of amides is 1. The topological polar surface area (TPSA) is 87.0 Å². The van der Waals surface area contributed by atoms with E-state index < -0.39 is 17.7 Å². The molecule has 0 saturated heterocycles. The standard InChI is InChI=1S/C21H23NO6/c1-13-10-16(14(2)26-13)20(24)25-12-19(23)22-15-6-7-17-18(11-15)28-21(27-17)8-4-3-5-9-21/h6-7,10-11H,3-5,8-9,12H2,1-2H3,(H,22,23). The first-order valence-electron chi connectivity index (χ1n) is 9.50. The summed E-state index contributed by atoms with van der Waals surface area (Å²) in [6.45, 7) is 3.03. The third-order valence-corrected chi connectivity index (χ3v) is 5.03. The molecule has 0 bridgehead atoms. The molecule has 2 heterocycles. The Morgan fingerprint density at radius 1 is 1.07 bits per heavy atom.